The van der Waals surface area contributed by atoms with Crippen molar-refractivity contribution in [3.05, 3.63) is 78.6 Å². The lowest BCUT2D eigenvalue weighted by Crippen LogP contribution is -2.51. The summed E-state index contributed by atoms with van der Waals surface area (Å²) in [5.74, 6) is -0.0664. The molecule has 1 aliphatic heterocycles. The van der Waals surface area contributed by atoms with E-state index < -0.39 is 5.41 Å². The number of amides is 2. The second kappa shape index (κ2) is 10.3. The topological polar surface area (TPSA) is 88.1 Å². The van der Waals surface area contributed by atoms with Gasteiger partial charge in [-0.2, -0.15) is 0 Å². The van der Waals surface area contributed by atoms with Gasteiger partial charge >= 0.3 is 0 Å². The Morgan fingerprint density at radius 1 is 1.00 bits per heavy atom. The van der Waals surface area contributed by atoms with Crippen LogP contribution in [0.1, 0.15) is 42.2 Å². The molecular formula is C26H29N5O2. The molecule has 0 unspecified atom stereocenters. The van der Waals surface area contributed by atoms with Crippen LogP contribution < -0.4 is 5.32 Å². The van der Waals surface area contributed by atoms with Gasteiger partial charge in [-0.3, -0.25) is 19.6 Å². The monoisotopic (exact) mass is 443 g/mol. The molecule has 1 N–H and O–H groups in total. The van der Waals surface area contributed by atoms with Gasteiger partial charge in [0, 0.05) is 44.4 Å². The Bertz CT molecular complexity index is 1080. The summed E-state index contributed by atoms with van der Waals surface area (Å²) in [6.07, 6.45) is 10.8. The van der Waals surface area contributed by atoms with Crippen LogP contribution in [0, 0.1) is 5.41 Å². The average Bonchev–Trinajstić information content (AvgIpc) is 2.88. The first-order chi connectivity index (χ1) is 16.1. The van der Waals surface area contributed by atoms with E-state index >= 15 is 0 Å². The third kappa shape index (κ3) is 5.08. The van der Waals surface area contributed by atoms with Gasteiger partial charge in [0.25, 0.3) is 5.91 Å². The molecule has 3 aromatic rings. The summed E-state index contributed by atoms with van der Waals surface area (Å²) in [6.45, 7) is 3.71. The van der Waals surface area contributed by atoms with Crippen LogP contribution in [0.5, 0.6) is 0 Å². The van der Waals surface area contributed by atoms with Gasteiger partial charge in [-0.1, -0.05) is 31.2 Å². The van der Waals surface area contributed by atoms with Gasteiger partial charge in [-0.15, -0.1) is 0 Å². The molecule has 0 saturated carbocycles. The van der Waals surface area contributed by atoms with Gasteiger partial charge in [0.2, 0.25) is 5.91 Å². The van der Waals surface area contributed by atoms with Gasteiger partial charge < -0.3 is 10.2 Å². The number of pyridine rings is 1. The van der Waals surface area contributed by atoms with Crippen molar-refractivity contribution >= 4 is 11.8 Å². The third-order valence-corrected chi connectivity index (χ3v) is 6.34. The molecule has 2 aromatic heterocycles. The fourth-order valence-corrected chi connectivity index (χ4v) is 4.47. The molecule has 1 aliphatic rings. The maximum atomic E-state index is 13.4. The number of hydrogen-bond donors (Lipinski definition) is 1. The lowest BCUT2D eigenvalue weighted by atomic mass is 9.72. The molecular weight excluding hydrogens is 414 g/mol. The highest BCUT2D eigenvalue weighted by atomic mass is 16.2. The molecule has 2 amide bonds. The fourth-order valence-electron chi connectivity index (χ4n) is 4.47. The van der Waals surface area contributed by atoms with Crippen LogP contribution in [0.4, 0.5) is 0 Å². The zero-order valence-corrected chi connectivity index (χ0v) is 18.9. The summed E-state index contributed by atoms with van der Waals surface area (Å²) in [7, 11) is 0. The standard InChI is InChI=1S/C26H29N5O2/c1-2-11-30-25(33)26(9-16-31(17-10-26)24(32)23-19-28-14-15-29-23)18-21-5-3-4-6-22(21)20-7-12-27-13-8-20/h3-8,12-15,19H,2,9-11,16-18H2,1H3,(H,30,33). The Kier molecular flexibility index (Phi) is 7.07. The summed E-state index contributed by atoms with van der Waals surface area (Å²) in [4.78, 5) is 40.4. The molecule has 0 atom stereocenters. The normalized spacial score (nSPS) is 15.1. The molecule has 0 radical (unpaired) electrons. The molecule has 170 valence electrons. The van der Waals surface area contributed by atoms with Crippen molar-refractivity contribution in [2.24, 2.45) is 5.41 Å². The van der Waals surface area contributed by atoms with Gasteiger partial charge in [0.1, 0.15) is 5.69 Å². The maximum absolute atomic E-state index is 13.4. The minimum Gasteiger partial charge on any atom is -0.356 e. The second-order valence-corrected chi connectivity index (χ2v) is 8.49. The van der Waals surface area contributed by atoms with Gasteiger partial charge in [-0.25, -0.2) is 4.98 Å². The molecule has 3 heterocycles. The molecule has 1 fully saturated rings. The van der Waals surface area contributed by atoms with Crippen molar-refractivity contribution in [1.29, 1.82) is 0 Å². The number of nitrogens with one attached hydrogen (secondary N) is 1. The summed E-state index contributed by atoms with van der Waals surface area (Å²) >= 11 is 0. The van der Waals surface area contributed by atoms with Crippen molar-refractivity contribution in [1.82, 2.24) is 25.2 Å². The highest BCUT2D eigenvalue weighted by Gasteiger charge is 2.42. The molecule has 33 heavy (non-hydrogen) atoms. The number of nitrogens with zero attached hydrogens (tertiary/aromatic N) is 4. The van der Waals surface area contributed by atoms with Crippen molar-refractivity contribution in [3.63, 3.8) is 0 Å². The summed E-state index contributed by atoms with van der Waals surface area (Å²) in [5.41, 5.74) is 3.09. The Hall–Kier alpha value is -3.61. The molecule has 0 bridgehead atoms. The third-order valence-electron chi connectivity index (χ3n) is 6.34. The van der Waals surface area contributed by atoms with E-state index in [1.165, 1.54) is 12.4 Å². The van der Waals surface area contributed by atoms with Crippen LogP contribution in [0.3, 0.4) is 0 Å². The van der Waals surface area contributed by atoms with Crippen molar-refractivity contribution < 1.29 is 9.59 Å². The SMILES string of the molecule is CCCNC(=O)C1(Cc2ccccc2-c2ccncc2)CCN(C(=O)c2cnccn2)CC1. The Labute approximate surface area is 194 Å². The van der Waals surface area contributed by atoms with E-state index in [2.05, 4.69) is 32.4 Å². The van der Waals surface area contributed by atoms with E-state index in [4.69, 9.17) is 0 Å². The quantitative estimate of drug-likeness (QED) is 0.604. The maximum Gasteiger partial charge on any atom is 0.274 e. The zero-order chi connectivity index (χ0) is 23.1. The summed E-state index contributed by atoms with van der Waals surface area (Å²) < 4.78 is 0. The van der Waals surface area contributed by atoms with E-state index in [0.29, 0.717) is 44.6 Å². The number of benzene rings is 1. The molecule has 7 heteroatoms. The largest absolute Gasteiger partial charge is 0.356 e. The Morgan fingerprint density at radius 2 is 1.76 bits per heavy atom. The number of carbonyl (C=O) groups is 2. The second-order valence-electron chi connectivity index (χ2n) is 8.49. The molecule has 0 aliphatic carbocycles. The minimum atomic E-state index is -0.572. The number of aromatic nitrogens is 3. The van der Waals surface area contributed by atoms with E-state index in [1.54, 1.807) is 23.5 Å². The van der Waals surface area contributed by atoms with Crippen LogP contribution >= 0.6 is 0 Å². The van der Waals surface area contributed by atoms with Crippen LogP contribution in [0.2, 0.25) is 0 Å². The molecule has 7 nitrogen and oxygen atoms in total. The smallest absolute Gasteiger partial charge is 0.274 e. The number of hydrogen-bond acceptors (Lipinski definition) is 5. The number of likely N-dealkylation sites (tertiary alicyclic amines) is 1. The first-order valence-electron chi connectivity index (χ1n) is 11.4. The Balaban J connectivity index is 1.59. The fraction of sp³-hybridized carbons (Fsp3) is 0.346. The molecule has 1 saturated heterocycles. The van der Waals surface area contributed by atoms with E-state index in [1.807, 2.05) is 31.2 Å². The van der Waals surface area contributed by atoms with Crippen LogP contribution in [0.25, 0.3) is 11.1 Å². The summed E-state index contributed by atoms with van der Waals surface area (Å²) in [5, 5.41) is 3.12. The van der Waals surface area contributed by atoms with Crippen LogP contribution in [-0.2, 0) is 11.2 Å². The Morgan fingerprint density at radius 3 is 2.45 bits per heavy atom. The lowest BCUT2D eigenvalue weighted by Gasteiger charge is -2.41. The van der Waals surface area contributed by atoms with Crippen molar-refractivity contribution in [2.45, 2.75) is 32.6 Å². The van der Waals surface area contributed by atoms with Crippen LogP contribution in [0.15, 0.2) is 67.4 Å². The van der Waals surface area contributed by atoms with E-state index in [0.717, 1.165) is 23.1 Å². The first kappa shape index (κ1) is 22.6. The van der Waals surface area contributed by atoms with Crippen molar-refractivity contribution in [3.8, 4) is 11.1 Å². The lowest BCUT2D eigenvalue weighted by molar-refractivity contribution is -0.133. The number of carbonyl (C=O) groups excluding carboxylic acids is 2. The van der Waals surface area contributed by atoms with Gasteiger partial charge in [-0.05, 0) is 54.5 Å². The first-order valence-corrected chi connectivity index (χ1v) is 11.4. The van der Waals surface area contributed by atoms with E-state index in [-0.39, 0.29) is 11.8 Å². The average molecular weight is 444 g/mol. The zero-order valence-electron chi connectivity index (χ0n) is 18.9. The predicted octanol–water partition coefficient (Wildman–Crippen LogP) is 3.53. The number of rotatable bonds is 7. The number of piperidine rings is 1. The molecule has 0 spiro atoms. The van der Waals surface area contributed by atoms with E-state index in [9.17, 15) is 9.59 Å². The highest BCUT2D eigenvalue weighted by Crippen LogP contribution is 2.38. The molecule has 4 rings (SSSR count). The van der Waals surface area contributed by atoms with Gasteiger partial charge in [0.05, 0.1) is 11.6 Å². The molecule has 1 aromatic carbocycles. The minimum absolute atomic E-state index is 0.0699. The highest BCUT2D eigenvalue weighted by molar-refractivity contribution is 5.92. The van der Waals surface area contributed by atoms with Gasteiger partial charge in [0.15, 0.2) is 0 Å². The van der Waals surface area contributed by atoms with Crippen molar-refractivity contribution in [2.75, 3.05) is 19.6 Å². The van der Waals surface area contributed by atoms with Crippen LogP contribution in [-0.4, -0.2) is 51.3 Å². The summed E-state index contributed by atoms with van der Waals surface area (Å²) in [6, 6.07) is 12.2. The predicted molar refractivity (Wildman–Crippen MR) is 126 cm³/mol.